The zero-order chi connectivity index (χ0) is 14.1. The van der Waals surface area contributed by atoms with Gasteiger partial charge in [-0.15, -0.1) is 0 Å². The van der Waals surface area contributed by atoms with Crippen molar-refractivity contribution in [3.8, 4) is 0 Å². The van der Waals surface area contributed by atoms with Gasteiger partial charge in [0.25, 0.3) is 0 Å². The Morgan fingerprint density at radius 2 is 1.81 bits per heavy atom. The molecule has 3 saturated heterocycles. The molecule has 4 fully saturated rings. The molecule has 0 N–H and O–H groups in total. The molecule has 4 aliphatic rings. The molecule has 1 spiro atoms. The van der Waals surface area contributed by atoms with E-state index in [1.165, 1.54) is 32.1 Å². The Hall–Kier alpha value is -0.160. The Balaban J connectivity index is 1.22. The lowest BCUT2D eigenvalue weighted by Crippen LogP contribution is -2.69. The van der Waals surface area contributed by atoms with E-state index in [9.17, 15) is 0 Å². The van der Waals surface area contributed by atoms with Gasteiger partial charge in [-0.2, -0.15) is 0 Å². The van der Waals surface area contributed by atoms with E-state index in [0.29, 0.717) is 12.0 Å². The molecule has 0 radical (unpaired) electrons. The fourth-order valence-corrected chi connectivity index (χ4v) is 4.23. The maximum Gasteiger partial charge on any atom is 0.0959 e. The molecular formula is C17H29NO3. The molecule has 3 heterocycles. The summed E-state index contributed by atoms with van der Waals surface area (Å²) in [6, 6.07) is 0.864. The highest BCUT2D eigenvalue weighted by Gasteiger charge is 2.50. The third kappa shape index (κ3) is 3.14. The van der Waals surface area contributed by atoms with E-state index in [2.05, 4.69) is 4.90 Å². The highest BCUT2D eigenvalue weighted by molar-refractivity contribution is 5.04. The Kier molecular flexibility index (Phi) is 4.23. The minimum absolute atomic E-state index is 0.133. The van der Waals surface area contributed by atoms with Gasteiger partial charge in [0.05, 0.1) is 11.7 Å². The SMILES string of the molecule is C1CC(N2CC3(CC(OCC4CCOCC4)CCO3)C2)C1. The molecule has 1 aliphatic carbocycles. The van der Waals surface area contributed by atoms with Crippen molar-refractivity contribution in [2.45, 2.75) is 62.7 Å². The van der Waals surface area contributed by atoms with Crippen molar-refractivity contribution in [2.24, 2.45) is 5.92 Å². The average Bonchev–Trinajstić information content (AvgIpc) is 2.43. The Morgan fingerprint density at radius 3 is 2.52 bits per heavy atom. The van der Waals surface area contributed by atoms with Gasteiger partial charge in [0, 0.05) is 52.0 Å². The summed E-state index contributed by atoms with van der Waals surface area (Å²) in [5.74, 6) is 0.713. The highest BCUT2D eigenvalue weighted by Crippen LogP contribution is 2.40. The molecular weight excluding hydrogens is 266 g/mol. The molecule has 4 rings (SSSR count). The van der Waals surface area contributed by atoms with Gasteiger partial charge < -0.3 is 14.2 Å². The van der Waals surface area contributed by atoms with E-state index < -0.39 is 0 Å². The molecule has 0 amide bonds. The summed E-state index contributed by atoms with van der Waals surface area (Å²) >= 11 is 0. The van der Waals surface area contributed by atoms with Crippen LogP contribution in [0.5, 0.6) is 0 Å². The van der Waals surface area contributed by atoms with Crippen molar-refractivity contribution in [3.63, 3.8) is 0 Å². The van der Waals surface area contributed by atoms with Crippen LogP contribution in [0.3, 0.4) is 0 Å². The first-order chi connectivity index (χ1) is 10.3. The minimum Gasteiger partial charge on any atom is -0.381 e. The average molecular weight is 295 g/mol. The first-order valence-electron chi connectivity index (χ1n) is 8.90. The van der Waals surface area contributed by atoms with Crippen LogP contribution in [0.4, 0.5) is 0 Å². The summed E-state index contributed by atoms with van der Waals surface area (Å²) in [6.45, 7) is 5.95. The molecule has 4 nitrogen and oxygen atoms in total. The number of hydrogen-bond acceptors (Lipinski definition) is 4. The maximum atomic E-state index is 6.24. The van der Waals surface area contributed by atoms with Gasteiger partial charge in [-0.1, -0.05) is 6.42 Å². The minimum atomic E-state index is 0.133. The molecule has 0 aromatic carbocycles. The van der Waals surface area contributed by atoms with Crippen molar-refractivity contribution in [1.82, 2.24) is 4.90 Å². The normalized spacial score (nSPS) is 34.6. The summed E-state index contributed by atoms with van der Waals surface area (Å²) in [4.78, 5) is 2.63. The Bertz CT molecular complexity index is 346. The first-order valence-corrected chi connectivity index (χ1v) is 8.90. The zero-order valence-corrected chi connectivity index (χ0v) is 13.1. The zero-order valence-electron chi connectivity index (χ0n) is 13.1. The molecule has 120 valence electrons. The number of ether oxygens (including phenoxy) is 3. The van der Waals surface area contributed by atoms with Crippen molar-refractivity contribution >= 4 is 0 Å². The van der Waals surface area contributed by atoms with Crippen LogP contribution in [0.25, 0.3) is 0 Å². The Labute approximate surface area is 128 Å². The van der Waals surface area contributed by atoms with Gasteiger partial charge in [-0.05, 0) is 38.0 Å². The van der Waals surface area contributed by atoms with Crippen LogP contribution in [0.15, 0.2) is 0 Å². The monoisotopic (exact) mass is 295 g/mol. The fourth-order valence-electron chi connectivity index (χ4n) is 4.23. The second-order valence-electron chi connectivity index (χ2n) is 7.53. The second kappa shape index (κ2) is 6.15. The Morgan fingerprint density at radius 1 is 1.00 bits per heavy atom. The smallest absolute Gasteiger partial charge is 0.0959 e. The predicted molar refractivity (Wildman–Crippen MR) is 80.4 cm³/mol. The third-order valence-electron chi connectivity index (χ3n) is 5.93. The number of rotatable bonds is 4. The summed E-state index contributed by atoms with van der Waals surface area (Å²) in [5.41, 5.74) is 0.133. The van der Waals surface area contributed by atoms with Crippen molar-refractivity contribution < 1.29 is 14.2 Å². The number of likely N-dealkylation sites (tertiary alicyclic amines) is 1. The second-order valence-corrected chi connectivity index (χ2v) is 7.53. The molecule has 4 heteroatoms. The van der Waals surface area contributed by atoms with Crippen LogP contribution in [-0.4, -0.2) is 62.2 Å². The summed E-state index contributed by atoms with van der Waals surface area (Å²) in [6.07, 6.45) is 9.18. The van der Waals surface area contributed by atoms with Crippen LogP contribution in [-0.2, 0) is 14.2 Å². The van der Waals surface area contributed by atoms with Gasteiger partial charge >= 0.3 is 0 Å². The molecule has 1 saturated carbocycles. The van der Waals surface area contributed by atoms with Gasteiger partial charge in [0.1, 0.15) is 0 Å². The van der Waals surface area contributed by atoms with Crippen LogP contribution >= 0.6 is 0 Å². The quantitative estimate of drug-likeness (QED) is 0.796. The maximum absolute atomic E-state index is 6.24. The van der Waals surface area contributed by atoms with Crippen molar-refractivity contribution in [1.29, 1.82) is 0 Å². The van der Waals surface area contributed by atoms with Gasteiger partial charge in [0.15, 0.2) is 0 Å². The number of nitrogens with zero attached hydrogens (tertiary/aromatic N) is 1. The number of hydrogen-bond donors (Lipinski definition) is 0. The largest absolute Gasteiger partial charge is 0.381 e. The van der Waals surface area contributed by atoms with Crippen molar-refractivity contribution in [3.05, 3.63) is 0 Å². The molecule has 0 aromatic rings. The van der Waals surface area contributed by atoms with E-state index in [1.54, 1.807) is 0 Å². The molecule has 0 bridgehead atoms. The van der Waals surface area contributed by atoms with Gasteiger partial charge in [0.2, 0.25) is 0 Å². The molecule has 3 aliphatic heterocycles. The molecule has 0 aromatic heterocycles. The molecule has 1 unspecified atom stereocenters. The summed E-state index contributed by atoms with van der Waals surface area (Å²) in [7, 11) is 0. The molecule has 1 atom stereocenters. The lowest BCUT2D eigenvalue weighted by molar-refractivity contribution is -0.211. The van der Waals surface area contributed by atoms with Crippen molar-refractivity contribution in [2.75, 3.05) is 39.5 Å². The van der Waals surface area contributed by atoms with Crippen LogP contribution in [0.2, 0.25) is 0 Å². The van der Waals surface area contributed by atoms with E-state index in [4.69, 9.17) is 14.2 Å². The lowest BCUT2D eigenvalue weighted by atomic mass is 9.80. The van der Waals surface area contributed by atoms with Crippen LogP contribution in [0, 0.1) is 5.92 Å². The first kappa shape index (κ1) is 14.4. The van der Waals surface area contributed by atoms with E-state index in [1.807, 2.05) is 0 Å². The van der Waals surface area contributed by atoms with E-state index in [0.717, 1.165) is 58.4 Å². The van der Waals surface area contributed by atoms with Gasteiger partial charge in [-0.3, -0.25) is 4.90 Å². The summed E-state index contributed by atoms with van der Waals surface area (Å²) < 4.78 is 17.8. The lowest BCUT2D eigenvalue weighted by Gasteiger charge is -2.57. The fraction of sp³-hybridized carbons (Fsp3) is 1.00. The standard InChI is InChI=1S/C17H29NO3/c1-2-15(3-1)18-12-17(13-18)10-16(6-9-21-17)20-11-14-4-7-19-8-5-14/h14-16H,1-13H2. The van der Waals surface area contributed by atoms with Gasteiger partial charge in [-0.25, -0.2) is 0 Å². The highest BCUT2D eigenvalue weighted by atomic mass is 16.5. The summed E-state index contributed by atoms with van der Waals surface area (Å²) in [5, 5.41) is 0. The predicted octanol–water partition coefficient (Wildman–Crippen LogP) is 2.22. The van der Waals surface area contributed by atoms with E-state index >= 15 is 0 Å². The van der Waals surface area contributed by atoms with Crippen LogP contribution in [0.1, 0.15) is 44.9 Å². The molecule has 21 heavy (non-hydrogen) atoms. The third-order valence-corrected chi connectivity index (χ3v) is 5.93. The topological polar surface area (TPSA) is 30.9 Å². The van der Waals surface area contributed by atoms with E-state index in [-0.39, 0.29) is 5.60 Å². The van der Waals surface area contributed by atoms with Crippen LogP contribution < -0.4 is 0 Å².